The fourth-order valence-corrected chi connectivity index (χ4v) is 9.04. The van der Waals surface area contributed by atoms with Crippen molar-refractivity contribution in [2.45, 2.75) is 57.0 Å². The number of piperidine rings is 3. The summed E-state index contributed by atoms with van der Waals surface area (Å²) in [6, 6.07) is 10.2. The van der Waals surface area contributed by atoms with Crippen molar-refractivity contribution in [2.75, 3.05) is 52.0 Å². The number of anilines is 1. The van der Waals surface area contributed by atoms with Crippen molar-refractivity contribution in [1.82, 2.24) is 29.6 Å². The van der Waals surface area contributed by atoms with Crippen LogP contribution >= 0.6 is 43.5 Å². The Morgan fingerprint density at radius 3 is 2.17 bits per heavy atom. The average Bonchev–Trinajstić information content (AvgIpc) is 3.48. The molecule has 13 heteroatoms. The van der Waals surface area contributed by atoms with Crippen molar-refractivity contribution in [2.24, 2.45) is 11.8 Å². The lowest BCUT2D eigenvalue weighted by molar-refractivity contribution is -0.135. The summed E-state index contributed by atoms with van der Waals surface area (Å²) in [6.45, 7) is 4.67. The number of nitrogens with two attached hydrogens (primary N) is 1. The summed E-state index contributed by atoms with van der Waals surface area (Å²) in [7, 11) is 2.19. The molecule has 258 valence electrons. The van der Waals surface area contributed by atoms with E-state index in [1.165, 1.54) is 12.8 Å². The number of H-pyrrole nitrogens is 1. The number of nitrogens with one attached hydrogen (secondary N) is 2. The number of hydrogen-bond acceptors (Lipinski definition) is 5. The van der Waals surface area contributed by atoms with Gasteiger partial charge in [-0.05, 0) is 132 Å². The van der Waals surface area contributed by atoms with E-state index in [2.05, 4.69) is 54.1 Å². The Morgan fingerprint density at radius 1 is 0.938 bits per heavy atom. The molecular formula is C35H44Br2ClN7O3. The SMILES string of the molecule is CN1CCC(C2CCN(C(=O)[C@H](Cc3cc(Br)c(N)c(Br)c3)NC(=O)N3CCC(n4cc(-c5cccc(Cl)c5)[nH]c4=O)CC3)CC2)CC1. The molecule has 0 saturated carbocycles. The number of benzene rings is 2. The molecule has 3 aliphatic rings. The Bertz CT molecular complexity index is 1650. The van der Waals surface area contributed by atoms with E-state index in [0.29, 0.717) is 67.8 Å². The van der Waals surface area contributed by atoms with Crippen LogP contribution in [0.15, 0.2) is 56.3 Å². The number of aromatic amines is 1. The van der Waals surface area contributed by atoms with E-state index in [1.54, 1.807) is 15.5 Å². The molecule has 0 bridgehead atoms. The quantitative estimate of drug-likeness (QED) is 0.248. The predicted octanol–water partition coefficient (Wildman–Crippen LogP) is 6.14. The fraction of sp³-hybridized carbons (Fsp3) is 0.514. The first-order chi connectivity index (χ1) is 23.0. The van der Waals surface area contributed by atoms with Gasteiger partial charge in [-0.1, -0.05) is 23.7 Å². The normalized spacial score (nSPS) is 19.4. The number of amides is 3. The molecule has 3 fully saturated rings. The van der Waals surface area contributed by atoms with Crippen LogP contribution in [0.1, 0.15) is 50.1 Å². The van der Waals surface area contributed by atoms with Gasteiger partial charge in [0.2, 0.25) is 5.91 Å². The number of aromatic nitrogens is 2. The van der Waals surface area contributed by atoms with Crippen LogP contribution in [0, 0.1) is 11.8 Å². The molecule has 4 N–H and O–H groups in total. The molecule has 4 heterocycles. The molecule has 3 amide bonds. The summed E-state index contributed by atoms with van der Waals surface area (Å²) < 4.78 is 3.21. The van der Waals surface area contributed by atoms with Gasteiger partial charge in [0.1, 0.15) is 6.04 Å². The zero-order valence-electron chi connectivity index (χ0n) is 27.3. The highest BCUT2D eigenvalue weighted by Crippen LogP contribution is 2.33. The Morgan fingerprint density at radius 2 is 1.54 bits per heavy atom. The molecule has 3 aromatic rings. The Labute approximate surface area is 303 Å². The summed E-state index contributed by atoms with van der Waals surface area (Å²) in [5.74, 6) is 1.33. The molecule has 0 radical (unpaired) electrons. The molecular weight excluding hydrogens is 762 g/mol. The standard InChI is InChI=1S/C35H44Br2ClN7O3/c1-42-11-5-23(6-12-42)24-7-13-43(14-8-24)33(46)30(19-22-17-28(36)32(39)29(37)18-22)40-34(47)44-15-9-27(10-16-44)45-21-31(41-35(45)48)25-3-2-4-26(38)20-25/h2-4,17-18,20-21,23-24,27,30H,5-16,19,39H2,1H3,(H,40,47)(H,41,48)/t30-/m0/s1. The van der Waals surface area contributed by atoms with Crippen LogP contribution in [0.25, 0.3) is 11.3 Å². The van der Waals surface area contributed by atoms with Crippen molar-refractivity contribution in [1.29, 1.82) is 0 Å². The van der Waals surface area contributed by atoms with Gasteiger partial charge >= 0.3 is 11.7 Å². The van der Waals surface area contributed by atoms with Gasteiger partial charge in [-0.2, -0.15) is 0 Å². The van der Waals surface area contributed by atoms with Crippen LogP contribution in [-0.2, 0) is 11.2 Å². The van der Waals surface area contributed by atoms with Crippen molar-refractivity contribution < 1.29 is 9.59 Å². The maximum Gasteiger partial charge on any atom is 0.326 e. The van der Waals surface area contributed by atoms with Gasteiger partial charge in [-0.3, -0.25) is 9.36 Å². The molecule has 48 heavy (non-hydrogen) atoms. The van der Waals surface area contributed by atoms with E-state index >= 15 is 0 Å². The lowest BCUT2D eigenvalue weighted by atomic mass is 9.79. The minimum atomic E-state index is -0.718. The molecule has 1 atom stereocenters. The molecule has 6 rings (SSSR count). The predicted molar refractivity (Wildman–Crippen MR) is 197 cm³/mol. The zero-order valence-corrected chi connectivity index (χ0v) is 31.2. The number of nitrogens with zero attached hydrogens (tertiary/aromatic N) is 4. The monoisotopic (exact) mass is 803 g/mol. The first kappa shape index (κ1) is 35.0. The van der Waals surface area contributed by atoms with Gasteiger partial charge in [0.15, 0.2) is 0 Å². The molecule has 0 unspecified atom stereocenters. The molecule has 3 saturated heterocycles. The van der Waals surface area contributed by atoms with Gasteiger partial charge in [0.05, 0.1) is 11.4 Å². The number of carbonyl (C=O) groups excluding carboxylic acids is 2. The third-order valence-corrected chi connectivity index (χ3v) is 12.0. The third kappa shape index (κ3) is 8.14. The van der Waals surface area contributed by atoms with Gasteiger partial charge in [-0.15, -0.1) is 0 Å². The highest BCUT2D eigenvalue weighted by atomic mass is 79.9. The topological polar surface area (TPSA) is 120 Å². The number of likely N-dealkylation sites (tertiary alicyclic amines) is 3. The number of urea groups is 1. The largest absolute Gasteiger partial charge is 0.397 e. The maximum absolute atomic E-state index is 14.1. The van der Waals surface area contributed by atoms with Crippen LogP contribution in [0.2, 0.25) is 5.02 Å². The summed E-state index contributed by atoms with van der Waals surface area (Å²) >= 11 is 13.2. The number of hydrogen-bond donors (Lipinski definition) is 3. The van der Waals surface area contributed by atoms with E-state index < -0.39 is 6.04 Å². The second-order valence-corrected chi connectivity index (χ2v) is 15.7. The molecule has 2 aromatic carbocycles. The third-order valence-electron chi connectivity index (χ3n) is 10.5. The van der Waals surface area contributed by atoms with Gasteiger partial charge < -0.3 is 30.7 Å². The van der Waals surface area contributed by atoms with E-state index in [0.717, 1.165) is 51.9 Å². The summed E-state index contributed by atoms with van der Waals surface area (Å²) in [5, 5.41) is 3.71. The molecule has 3 aliphatic heterocycles. The van der Waals surface area contributed by atoms with Crippen molar-refractivity contribution >= 4 is 61.1 Å². The van der Waals surface area contributed by atoms with Crippen molar-refractivity contribution in [3.05, 3.63) is 72.6 Å². The number of imidazole rings is 1. The first-order valence-corrected chi connectivity index (χ1v) is 18.9. The van der Waals surface area contributed by atoms with Crippen LogP contribution in [0.5, 0.6) is 0 Å². The molecule has 0 aliphatic carbocycles. The summed E-state index contributed by atoms with van der Waals surface area (Å²) in [5.41, 5.74) is 8.99. The fourth-order valence-electron chi connectivity index (χ4n) is 7.57. The minimum Gasteiger partial charge on any atom is -0.397 e. The van der Waals surface area contributed by atoms with Crippen LogP contribution in [0.3, 0.4) is 0 Å². The van der Waals surface area contributed by atoms with E-state index in [9.17, 15) is 14.4 Å². The summed E-state index contributed by atoms with van der Waals surface area (Å²) in [4.78, 5) is 49.7. The Hall–Kier alpha value is -2.80. The molecule has 0 spiro atoms. The lowest BCUT2D eigenvalue weighted by Crippen LogP contribution is -2.55. The number of rotatable bonds is 7. The smallest absolute Gasteiger partial charge is 0.326 e. The Balaban J connectivity index is 1.10. The number of halogens is 3. The van der Waals surface area contributed by atoms with Crippen molar-refractivity contribution in [3.63, 3.8) is 0 Å². The minimum absolute atomic E-state index is 0.0431. The van der Waals surface area contributed by atoms with Crippen LogP contribution in [-0.4, -0.2) is 88.5 Å². The number of carbonyl (C=O) groups is 2. The number of nitrogen functional groups attached to an aromatic ring is 1. The molecule has 1 aromatic heterocycles. The highest BCUT2D eigenvalue weighted by molar-refractivity contribution is 9.11. The van der Waals surface area contributed by atoms with Crippen LogP contribution < -0.4 is 16.7 Å². The van der Waals surface area contributed by atoms with E-state index in [-0.39, 0.29) is 23.7 Å². The highest BCUT2D eigenvalue weighted by Gasteiger charge is 2.34. The van der Waals surface area contributed by atoms with Gasteiger partial charge in [-0.25, -0.2) is 9.59 Å². The van der Waals surface area contributed by atoms with Gasteiger partial charge in [0.25, 0.3) is 0 Å². The van der Waals surface area contributed by atoms with E-state index in [4.69, 9.17) is 17.3 Å². The lowest BCUT2D eigenvalue weighted by Gasteiger charge is -2.40. The Kier molecular flexibility index (Phi) is 11.2. The second kappa shape index (κ2) is 15.4. The average molecular weight is 806 g/mol. The second-order valence-electron chi connectivity index (χ2n) is 13.6. The zero-order chi connectivity index (χ0) is 33.9. The van der Waals surface area contributed by atoms with Crippen LogP contribution in [0.4, 0.5) is 10.5 Å². The molecule has 10 nitrogen and oxygen atoms in total. The van der Waals surface area contributed by atoms with E-state index in [1.807, 2.05) is 41.4 Å². The maximum atomic E-state index is 14.1. The van der Waals surface area contributed by atoms with Crippen molar-refractivity contribution in [3.8, 4) is 11.3 Å². The summed E-state index contributed by atoms with van der Waals surface area (Å²) in [6.07, 6.45) is 7.90. The van der Waals surface area contributed by atoms with Gasteiger partial charge in [0, 0.05) is 64.4 Å². The first-order valence-electron chi connectivity index (χ1n) is 16.9.